The molecule has 1 aliphatic heterocycles. The zero-order chi connectivity index (χ0) is 14.1. The molecule has 1 atom stereocenters. The van der Waals surface area contributed by atoms with Crippen molar-refractivity contribution in [2.75, 3.05) is 13.1 Å². The first-order valence-electron chi connectivity index (χ1n) is 7.33. The Hall–Kier alpha value is -1.72. The lowest BCUT2D eigenvalue weighted by Gasteiger charge is -2.30. The molecule has 0 aliphatic carbocycles. The van der Waals surface area contributed by atoms with Crippen LogP contribution in [0.1, 0.15) is 30.3 Å². The van der Waals surface area contributed by atoms with Crippen LogP contribution in [0.25, 0.3) is 11.1 Å². The number of para-hydroxylation sites is 2. The summed E-state index contributed by atoms with van der Waals surface area (Å²) < 4.78 is 5.94. The molecule has 0 saturated carbocycles. The molecule has 0 bridgehead atoms. The summed E-state index contributed by atoms with van der Waals surface area (Å²) in [7, 11) is 0. The maximum atomic E-state index is 5.94. The molecule has 0 amide bonds. The van der Waals surface area contributed by atoms with Crippen molar-refractivity contribution >= 4 is 22.4 Å². The van der Waals surface area contributed by atoms with Gasteiger partial charge in [0.1, 0.15) is 5.52 Å². The van der Waals surface area contributed by atoms with Crippen molar-refractivity contribution in [2.45, 2.75) is 25.3 Å². The van der Waals surface area contributed by atoms with Crippen LogP contribution in [0.4, 0.5) is 0 Å². The molecule has 1 aromatic carbocycles. The molecule has 3 heterocycles. The number of hydrogen-bond donors (Lipinski definition) is 0. The van der Waals surface area contributed by atoms with Crippen LogP contribution < -0.4 is 0 Å². The van der Waals surface area contributed by atoms with Crippen LogP contribution in [-0.4, -0.2) is 28.0 Å². The summed E-state index contributed by atoms with van der Waals surface area (Å²) in [4.78, 5) is 11.5. The fraction of sp³-hybridized carbons (Fsp3) is 0.375. The van der Waals surface area contributed by atoms with Gasteiger partial charge in [-0.05, 0) is 31.5 Å². The number of benzene rings is 1. The Morgan fingerprint density at radius 2 is 2.29 bits per heavy atom. The highest BCUT2D eigenvalue weighted by Crippen LogP contribution is 2.29. The van der Waals surface area contributed by atoms with Gasteiger partial charge in [0.2, 0.25) is 0 Å². The summed E-state index contributed by atoms with van der Waals surface area (Å²) in [5.41, 5.74) is 4.92. The van der Waals surface area contributed by atoms with Crippen molar-refractivity contribution in [3.8, 4) is 0 Å². The molecule has 1 aliphatic rings. The van der Waals surface area contributed by atoms with Crippen molar-refractivity contribution in [3.63, 3.8) is 0 Å². The average Bonchev–Trinajstić information content (AvgIpc) is 3.16. The second-order valence-corrected chi connectivity index (χ2v) is 6.29. The van der Waals surface area contributed by atoms with Crippen LogP contribution in [0.15, 0.2) is 39.6 Å². The van der Waals surface area contributed by atoms with Crippen LogP contribution in [0.5, 0.6) is 0 Å². The molecular weight excluding hydrogens is 282 g/mol. The summed E-state index contributed by atoms with van der Waals surface area (Å²) >= 11 is 1.66. The maximum absolute atomic E-state index is 5.94. The van der Waals surface area contributed by atoms with Crippen molar-refractivity contribution < 1.29 is 4.42 Å². The Balaban J connectivity index is 1.52. The monoisotopic (exact) mass is 299 g/mol. The molecule has 3 aromatic rings. The van der Waals surface area contributed by atoms with E-state index in [1.165, 1.54) is 12.1 Å². The highest BCUT2D eigenvalue weighted by molar-refractivity contribution is 7.07. The van der Waals surface area contributed by atoms with Crippen molar-refractivity contribution in [2.24, 2.45) is 0 Å². The first-order valence-corrected chi connectivity index (χ1v) is 8.27. The molecule has 4 nitrogen and oxygen atoms in total. The van der Waals surface area contributed by atoms with Gasteiger partial charge in [0.25, 0.3) is 0 Å². The summed E-state index contributed by atoms with van der Waals surface area (Å²) in [6, 6.07) is 8.00. The van der Waals surface area contributed by atoms with Gasteiger partial charge in [-0.3, -0.25) is 4.90 Å². The van der Waals surface area contributed by atoms with E-state index in [-0.39, 0.29) is 0 Å². The van der Waals surface area contributed by atoms with Gasteiger partial charge in [-0.25, -0.2) is 9.97 Å². The van der Waals surface area contributed by atoms with E-state index in [0.717, 1.165) is 43.0 Å². The van der Waals surface area contributed by atoms with Gasteiger partial charge in [-0.15, -0.1) is 11.3 Å². The van der Waals surface area contributed by atoms with Crippen LogP contribution in [0, 0.1) is 0 Å². The molecule has 2 aromatic heterocycles. The van der Waals surface area contributed by atoms with E-state index in [9.17, 15) is 0 Å². The number of likely N-dealkylation sites (tertiary alicyclic amines) is 1. The fourth-order valence-corrected chi connectivity index (χ4v) is 3.56. The number of piperidine rings is 1. The molecular formula is C16H17N3OS. The Labute approximate surface area is 127 Å². The lowest BCUT2D eigenvalue weighted by Crippen LogP contribution is -2.34. The first kappa shape index (κ1) is 13.0. The Kier molecular flexibility index (Phi) is 3.45. The average molecular weight is 299 g/mol. The number of thiazole rings is 1. The van der Waals surface area contributed by atoms with Gasteiger partial charge in [0, 0.05) is 24.4 Å². The van der Waals surface area contributed by atoms with Gasteiger partial charge in [-0.2, -0.15) is 0 Å². The van der Waals surface area contributed by atoms with Gasteiger partial charge in [0.05, 0.1) is 11.2 Å². The number of fused-ring (bicyclic) bond motifs is 1. The summed E-state index contributed by atoms with van der Waals surface area (Å²) in [5, 5.41) is 2.13. The zero-order valence-corrected chi connectivity index (χ0v) is 12.6. The minimum atomic E-state index is 0.393. The Morgan fingerprint density at radius 3 is 3.14 bits per heavy atom. The normalized spacial score (nSPS) is 20.1. The van der Waals surface area contributed by atoms with E-state index in [4.69, 9.17) is 4.42 Å². The topological polar surface area (TPSA) is 42.2 Å². The van der Waals surface area contributed by atoms with E-state index >= 15 is 0 Å². The minimum Gasteiger partial charge on any atom is -0.440 e. The Bertz CT molecular complexity index is 689. The van der Waals surface area contributed by atoms with Gasteiger partial charge < -0.3 is 4.42 Å². The smallest absolute Gasteiger partial charge is 0.199 e. The predicted octanol–water partition coefficient (Wildman–Crippen LogP) is 3.66. The van der Waals surface area contributed by atoms with E-state index < -0.39 is 0 Å². The number of nitrogens with zero attached hydrogens (tertiary/aromatic N) is 3. The molecule has 1 fully saturated rings. The molecule has 21 heavy (non-hydrogen) atoms. The first-order chi connectivity index (χ1) is 10.4. The summed E-state index contributed by atoms with van der Waals surface area (Å²) in [5.74, 6) is 1.28. The second-order valence-electron chi connectivity index (χ2n) is 5.57. The second kappa shape index (κ2) is 5.58. The van der Waals surface area contributed by atoms with Crippen molar-refractivity contribution in [1.29, 1.82) is 0 Å². The number of rotatable bonds is 3. The van der Waals surface area contributed by atoms with E-state index in [1.54, 1.807) is 11.3 Å². The summed E-state index contributed by atoms with van der Waals surface area (Å²) in [6.45, 7) is 3.07. The lowest BCUT2D eigenvalue weighted by molar-refractivity contribution is 0.185. The number of oxazole rings is 1. The third-order valence-electron chi connectivity index (χ3n) is 4.03. The zero-order valence-electron chi connectivity index (χ0n) is 11.7. The van der Waals surface area contributed by atoms with Crippen LogP contribution >= 0.6 is 11.3 Å². The van der Waals surface area contributed by atoms with Crippen LogP contribution in [0.3, 0.4) is 0 Å². The number of aromatic nitrogens is 2. The van der Waals surface area contributed by atoms with Gasteiger partial charge in [-0.1, -0.05) is 12.1 Å². The molecule has 108 valence electrons. The minimum absolute atomic E-state index is 0.393. The molecule has 0 radical (unpaired) electrons. The quantitative estimate of drug-likeness (QED) is 0.740. The van der Waals surface area contributed by atoms with E-state index in [2.05, 4.69) is 20.2 Å². The molecule has 5 heteroatoms. The molecule has 0 spiro atoms. The number of hydrogen-bond acceptors (Lipinski definition) is 5. The molecule has 0 N–H and O–H groups in total. The predicted molar refractivity (Wildman–Crippen MR) is 83.4 cm³/mol. The maximum Gasteiger partial charge on any atom is 0.199 e. The van der Waals surface area contributed by atoms with Gasteiger partial charge in [0.15, 0.2) is 11.5 Å². The summed E-state index contributed by atoms with van der Waals surface area (Å²) in [6.07, 6.45) is 2.34. The largest absolute Gasteiger partial charge is 0.440 e. The highest BCUT2D eigenvalue weighted by atomic mass is 32.1. The van der Waals surface area contributed by atoms with Gasteiger partial charge >= 0.3 is 0 Å². The third kappa shape index (κ3) is 2.71. The van der Waals surface area contributed by atoms with Crippen LogP contribution in [-0.2, 0) is 6.54 Å². The van der Waals surface area contributed by atoms with Crippen LogP contribution in [0.2, 0.25) is 0 Å². The molecule has 1 unspecified atom stereocenters. The third-order valence-corrected chi connectivity index (χ3v) is 4.67. The molecule has 1 saturated heterocycles. The fourth-order valence-electron chi connectivity index (χ4n) is 3.01. The van der Waals surface area contributed by atoms with E-state index in [1.807, 2.05) is 29.8 Å². The Morgan fingerprint density at radius 1 is 1.33 bits per heavy atom. The highest BCUT2D eigenvalue weighted by Gasteiger charge is 2.25. The van der Waals surface area contributed by atoms with Crippen molar-refractivity contribution in [1.82, 2.24) is 14.9 Å². The lowest BCUT2D eigenvalue weighted by atomic mass is 9.98. The molecule has 4 rings (SSSR count). The standard InChI is InChI=1S/C16H17N3OS/c1-2-6-15-14(5-1)18-16(20-15)12-4-3-7-19(8-12)9-13-10-21-11-17-13/h1-2,5-6,10-12H,3-4,7-9H2. The SMILES string of the molecule is c1ccc2oc(C3CCCN(Cc4cscn4)C3)nc2c1. The van der Waals surface area contributed by atoms with E-state index in [0.29, 0.717) is 5.92 Å². The van der Waals surface area contributed by atoms with Crippen molar-refractivity contribution in [3.05, 3.63) is 46.7 Å².